The Labute approximate surface area is 151 Å². The van der Waals surface area contributed by atoms with E-state index in [1.54, 1.807) is 12.3 Å². The van der Waals surface area contributed by atoms with E-state index in [2.05, 4.69) is 9.88 Å². The lowest BCUT2D eigenvalue weighted by atomic mass is 9.93. The van der Waals surface area contributed by atoms with Crippen LogP contribution in [0.3, 0.4) is 0 Å². The van der Waals surface area contributed by atoms with E-state index in [-0.39, 0.29) is 12.0 Å². The molecule has 1 aromatic carbocycles. The molecule has 0 spiro atoms. The zero-order chi connectivity index (χ0) is 17.1. The lowest BCUT2D eigenvalue weighted by Crippen LogP contribution is -2.41. The van der Waals surface area contributed by atoms with Gasteiger partial charge in [0.15, 0.2) is 0 Å². The second kappa shape index (κ2) is 7.51. The van der Waals surface area contributed by atoms with E-state index in [0.717, 1.165) is 24.2 Å². The third kappa shape index (κ3) is 3.72. The Hall–Kier alpha value is -1.62. The molecule has 1 aliphatic rings. The molecular formula is C18H18Cl2N2O2. The molecule has 1 N–H and O–H groups in total. The van der Waals surface area contributed by atoms with Crippen LogP contribution in [0.1, 0.15) is 30.1 Å². The molecule has 4 nitrogen and oxygen atoms in total. The van der Waals surface area contributed by atoms with Crippen LogP contribution in [0.4, 0.5) is 0 Å². The predicted octanol–water partition coefficient (Wildman–Crippen LogP) is 4.27. The van der Waals surface area contributed by atoms with Gasteiger partial charge in [-0.1, -0.05) is 35.3 Å². The first kappa shape index (κ1) is 17.2. The highest BCUT2D eigenvalue weighted by molar-refractivity contribution is 6.42. The molecule has 0 radical (unpaired) electrons. The molecule has 0 saturated carbocycles. The number of piperidine rings is 1. The summed E-state index contributed by atoms with van der Waals surface area (Å²) in [5.41, 5.74) is 1.84. The summed E-state index contributed by atoms with van der Waals surface area (Å²) in [7, 11) is 0. The fourth-order valence-electron chi connectivity index (χ4n) is 3.23. The SMILES string of the molecule is O=C(O)C1CCCN(C(c2ccc(Cl)c(Cl)c2)c2ccccn2)C1. The fourth-order valence-corrected chi connectivity index (χ4v) is 3.54. The van der Waals surface area contributed by atoms with Crippen LogP contribution in [0.5, 0.6) is 0 Å². The van der Waals surface area contributed by atoms with Crippen molar-refractivity contribution in [1.29, 1.82) is 0 Å². The summed E-state index contributed by atoms with van der Waals surface area (Å²) in [6, 6.07) is 11.2. The number of likely N-dealkylation sites (tertiary alicyclic amines) is 1. The average Bonchev–Trinajstić information content (AvgIpc) is 2.59. The van der Waals surface area contributed by atoms with Crippen molar-refractivity contribution in [3.63, 3.8) is 0 Å². The van der Waals surface area contributed by atoms with Gasteiger partial charge in [0.2, 0.25) is 0 Å². The molecule has 0 aliphatic carbocycles. The highest BCUT2D eigenvalue weighted by Gasteiger charge is 2.32. The third-order valence-corrected chi connectivity index (χ3v) is 5.13. The van der Waals surface area contributed by atoms with Gasteiger partial charge in [-0.2, -0.15) is 0 Å². The van der Waals surface area contributed by atoms with Crippen LogP contribution < -0.4 is 0 Å². The summed E-state index contributed by atoms with van der Waals surface area (Å²) in [4.78, 5) is 18.1. The summed E-state index contributed by atoms with van der Waals surface area (Å²) >= 11 is 12.2. The Kier molecular flexibility index (Phi) is 5.39. The molecular weight excluding hydrogens is 347 g/mol. The van der Waals surface area contributed by atoms with Gasteiger partial charge in [-0.3, -0.25) is 14.7 Å². The average molecular weight is 365 g/mol. The number of hydrogen-bond acceptors (Lipinski definition) is 3. The summed E-state index contributed by atoms with van der Waals surface area (Å²) in [6.45, 7) is 1.32. The van der Waals surface area contributed by atoms with Crippen molar-refractivity contribution < 1.29 is 9.90 Å². The summed E-state index contributed by atoms with van der Waals surface area (Å²) < 4.78 is 0. The number of pyridine rings is 1. The molecule has 1 aliphatic heterocycles. The van der Waals surface area contributed by atoms with E-state index in [4.69, 9.17) is 23.2 Å². The first-order valence-corrected chi connectivity index (χ1v) is 8.64. The molecule has 0 amide bonds. The van der Waals surface area contributed by atoms with Gasteiger partial charge in [0, 0.05) is 12.7 Å². The van der Waals surface area contributed by atoms with Crippen LogP contribution in [0.15, 0.2) is 42.6 Å². The molecule has 2 heterocycles. The number of halogens is 2. The fraction of sp³-hybridized carbons (Fsp3) is 0.333. The minimum atomic E-state index is -0.742. The molecule has 126 valence electrons. The largest absolute Gasteiger partial charge is 0.481 e. The third-order valence-electron chi connectivity index (χ3n) is 4.39. The van der Waals surface area contributed by atoms with Crippen molar-refractivity contribution in [3.8, 4) is 0 Å². The van der Waals surface area contributed by atoms with Crippen molar-refractivity contribution in [2.75, 3.05) is 13.1 Å². The number of benzene rings is 1. The first-order chi connectivity index (χ1) is 11.6. The van der Waals surface area contributed by atoms with E-state index in [1.165, 1.54) is 0 Å². The molecule has 0 bridgehead atoms. The van der Waals surface area contributed by atoms with Gasteiger partial charge in [-0.05, 0) is 49.2 Å². The number of aromatic nitrogens is 1. The number of rotatable bonds is 4. The maximum atomic E-state index is 11.4. The molecule has 2 unspecified atom stereocenters. The van der Waals surface area contributed by atoms with E-state index in [0.29, 0.717) is 23.0 Å². The van der Waals surface area contributed by atoms with Crippen molar-refractivity contribution >= 4 is 29.2 Å². The van der Waals surface area contributed by atoms with E-state index >= 15 is 0 Å². The number of carbonyl (C=O) groups is 1. The van der Waals surface area contributed by atoms with Crippen LogP contribution in [0.25, 0.3) is 0 Å². The lowest BCUT2D eigenvalue weighted by Gasteiger charge is -2.37. The Morgan fingerprint density at radius 3 is 2.75 bits per heavy atom. The number of nitrogens with zero attached hydrogens (tertiary/aromatic N) is 2. The Bertz CT molecular complexity index is 724. The van der Waals surface area contributed by atoms with Crippen LogP contribution in [-0.2, 0) is 4.79 Å². The van der Waals surface area contributed by atoms with Gasteiger partial charge < -0.3 is 5.11 Å². The van der Waals surface area contributed by atoms with Gasteiger partial charge in [-0.25, -0.2) is 0 Å². The smallest absolute Gasteiger partial charge is 0.307 e. The normalized spacial score (nSPS) is 19.8. The quantitative estimate of drug-likeness (QED) is 0.879. The number of carboxylic acids is 1. The molecule has 2 atom stereocenters. The molecule has 3 rings (SSSR count). The maximum absolute atomic E-state index is 11.4. The van der Waals surface area contributed by atoms with Gasteiger partial charge in [-0.15, -0.1) is 0 Å². The van der Waals surface area contributed by atoms with Gasteiger partial charge >= 0.3 is 5.97 Å². The van der Waals surface area contributed by atoms with Crippen LogP contribution in [0, 0.1) is 5.92 Å². The summed E-state index contributed by atoms with van der Waals surface area (Å²) in [6.07, 6.45) is 3.31. The van der Waals surface area contributed by atoms with Crippen molar-refractivity contribution in [1.82, 2.24) is 9.88 Å². The van der Waals surface area contributed by atoms with Gasteiger partial charge in [0.25, 0.3) is 0 Å². The lowest BCUT2D eigenvalue weighted by molar-refractivity contribution is -0.143. The van der Waals surface area contributed by atoms with E-state index in [1.807, 2.05) is 30.3 Å². The van der Waals surface area contributed by atoms with Crippen LogP contribution in [-0.4, -0.2) is 34.0 Å². The standard InChI is InChI=1S/C18H18Cl2N2O2/c19-14-7-6-12(10-15(14)20)17(16-5-1-2-8-21-16)22-9-3-4-13(11-22)18(23)24/h1-2,5-8,10,13,17H,3-4,9,11H2,(H,23,24). The molecule has 1 fully saturated rings. The van der Waals surface area contributed by atoms with Crippen LogP contribution in [0.2, 0.25) is 10.0 Å². The first-order valence-electron chi connectivity index (χ1n) is 7.89. The molecule has 1 saturated heterocycles. The second-order valence-corrected chi connectivity index (χ2v) is 6.82. The van der Waals surface area contributed by atoms with E-state index < -0.39 is 5.97 Å². The van der Waals surface area contributed by atoms with E-state index in [9.17, 15) is 9.90 Å². The Morgan fingerprint density at radius 1 is 1.25 bits per heavy atom. The number of carboxylic acid groups (broad SMARTS) is 1. The molecule has 6 heteroatoms. The minimum absolute atomic E-state index is 0.136. The van der Waals surface area contributed by atoms with Gasteiger partial charge in [0.1, 0.15) is 0 Å². The molecule has 2 aromatic rings. The Morgan fingerprint density at radius 2 is 2.08 bits per heavy atom. The monoisotopic (exact) mass is 364 g/mol. The Balaban J connectivity index is 1.99. The number of hydrogen-bond donors (Lipinski definition) is 1. The summed E-state index contributed by atoms with van der Waals surface area (Å²) in [5, 5.41) is 10.4. The highest BCUT2D eigenvalue weighted by atomic mass is 35.5. The van der Waals surface area contributed by atoms with Crippen molar-refractivity contribution in [2.24, 2.45) is 5.92 Å². The van der Waals surface area contributed by atoms with Gasteiger partial charge in [0.05, 0.1) is 27.7 Å². The summed E-state index contributed by atoms with van der Waals surface area (Å²) in [5.74, 6) is -1.10. The maximum Gasteiger partial charge on any atom is 0.307 e. The van der Waals surface area contributed by atoms with Crippen LogP contribution >= 0.6 is 23.2 Å². The topological polar surface area (TPSA) is 53.4 Å². The zero-order valence-electron chi connectivity index (χ0n) is 13.0. The highest BCUT2D eigenvalue weighted by Crippen LogP contribution is 2.34. The second-order valence-electron chi connectivity index (χ2n) is 6.00. The zero-order valence-corrected chi connectivity index (χ0v) is 14.5. The minimum Gasteiger partial charge on any atom is -0.481 e. The van der Waals surface area contributed by atoms with Crippen molar-refractivity contribution in [2.45, 2.75) is 18.9 Å². The predicted molar refractivity (Wildman–Crippen MR) is 94.5 cm³/mol. The van der Waals surface area contributed by atoms with Crippen molar-refractivity contribution in [3.05, 3.63) is 63.9 Å². The molecule has 1 aromatic heterocycles. The number of aliphatic carboxylic acids is 1. The molecule has 24 heavy (non-hydrogen) atoms.